The van der Waals surface area contributed by atoms with Crippen LogP contribution in [-0.4, -0.2) is 30.3 Å². The van der Waals surface area contributed by atoms with Crippen molar-refractivity contribution in [3.63, 3.8) is 0 Å². The van der Waals surface area contributed by atoms with Crippen LogP contribution in [0.15, 0.2) is 46.8 Å². The Morgan fingerprint density at radius 3 is 2.58 bits per heavy atom. The van der Waals surface area contributed by atoms with Crippen molar-refractivity contribution in [1.82, 2.24) is 10.6 Å². The molecule has 0 aliphatic heterocycles. The zero-order chi connectivity index (χ0) is 16.5. The van der Waals surface area contributed by atoms with Crippen LogP contribution < -0.4 is 10.6 Å². The topological polar surface area (TPSA) is 56.7 Å². The fourth-order valence-corrected chi connectivity index (χ4v) is 3.06. The molecule has 0 aliphatic rings. The molecule has 0 amide bonds. The number of nitrogens with one attached hydrogen (secondary N) is 2. The highest BCUT2D eigenvalue weighted by Crippen LogP contribution is 2.16. The van der Waals surface area contributed by atoms with Crippen LogP contribution in [0.3, 0.4) is 0 Å². The molecule has 24 heavy (non-hydrogen) atoms. The summed E-state index contributed by atoms with van der Waals surface area (Å²) >= 11 is 1.72. The summed E-state index contributed by atoms with van der Waals surface area (Å²) in [6.07, 6.45) is 0.196. The van der Waals surface area contributed by atoms with Gasteiger partial charge in [0, 0.05) is 24.4 Å². The first-order chi connectivity index (χ1) is 11.2. The minimum Gasteiger partial charge on any atom is -0.391 e. The van der Waals surface area contributed by atoms with E-state index in [0.29, 0.717) is 19.5 Å². The Balaban J connectivity index is 0.00000288. The Hall–Kier alpha value is -1.12. The first-order valence-corrected chi connectivity index (χ1v) is 8.84. The summed E-state index contributed by atoms with van der Waals surface area (Å²) in [7, 11) is 0. The predicted molar refractivity (Wildman–Crippen MR) is 113 cm³/mol. The van der Waals surface area contributed by atoms with E-state index in [0.717, 1.165) is 18.1 Å². The van der Waals surface area contributed by atoms with E-state index in [9.17, 15) is 5.11 Å². The maximum Gasteiger partial charge on any atom is 0.191 e. The number of rotatable bonds is 7. The Morgan fingerprint density at radius 2 is 1.96 bits per heavy atom. The molecule has 0 aliphatic carbocycles. The van der Waals surface area contributed by atoms with Gasteiger partial charge in [-0.05, 0) is 36.4 Å². The molecule has 0 spiro atoms. The molecule has 1 aromatic heterocycles. The van der Waals surface area contributed by atoms with E-state index in [1.165, 1.54) is 10.4 Å². The number of guanidine groups is 1. The first kappa shape index (κ1) is 20.9. The van der Waals surface area contributed by atoms with Crippen LogP contribution >= 0.6 is 35.3 Å². The second-order valence-electron chi connectivity index (χ2n) is 5.45. The molecule has 0 saturated heterocycles. The van der Waals surface area contributed by atoms with Crippen LogP contribution in [0.2, 0.25) is 0 Å². The molecular weight excluding hydrogens is 433 g/mol. The second-order valence-corrected chi connectivity index (χ2v) is 6.45. The summed E-state index contributed by atoms with van der Waals surface area (Å²) in [5.74, 6) is 0.743. The third-order valence-corrected chi connectivity index (χ3v) is 4.52. The molecule has 0 bridgehead atoms. The van der Waals surface area contributed by atoms with E-state index in [4.69, 9.17) is 0 Å². The highest BCUT2D eigenvalue weighted by Gasteiger charge is 2.07. The molecule has 1 heterocycles. The van der Waals surface area contributed by atoms with Gasteiger partial charge < -0.3 is 15.7 Å². The molecule has 2 aromatic rings. The van der Waals surface area contributed by atoms with E-state index in [1.54, 1.807) is 11.3 Å². The third-order valence-electron chi connectivity index (χ3n) is 3.51. The third kappa shape index (κ3) is 7.19. The molecule has 0 radical (unpaired) electrons. The summed E-state index contributed by atoms with van der Waals surface area (Å²) in [6, 6.07) is 12.1. The Bertz CT molecular complexity index is 616. The van der Waals surface area contributed by atoms with Gasteiger partial charge in [-0.25, -0.2) is 4.99 Å². The van der Waals surface area contributed by atoms with Gasteiger partial charge >= 0.3 is 0 Å². The van der Waals surface area contributed by atoms with E-state index >= 15 is 0 Å². The smallest absolute Gasteiger partial charge is 0.191 e. The minimum absolute atomic E-state index is 0. The largest absolute Gasteiger partial charge is 0.391 e. The summed E-state index contributed by atoms with van der Waals surface area (Å²) < 4.78 is 0. The van der Waals surface area contributed by atoms with Crippen molar-refractivity contribution in [2.24, 2.45) is 4.99 Å². The predicted octanol–water partition coefficient (Wildman–Crippen LogP) is 3.33. The van der Waals surface area contributed by atoms with Gasteiger partial charge in [0.25, 0.3) is 0 Å². The fraction of sp³-hybridized carbons (Fsp3) is 0.389. The Labute approximate surface area is 165 Å². The zero-order valence-electron chi connectivity index (χ0n) is 14.2. The number of hydrogen-bond acceptors (Lipinski definition) is 3. The SMILES string of the molecule is CCNC(=NCc1sccc1C)NCC(O)Cc1ccccc1.I. The monoisotopic (exact) mass is 459 g/mol. The number of aliphatic imine (C=N–C) groups is 1. The zero-order valence-corrected chi connectivity index (χ0v) is 17.3. The molecular formula is C18H26IN3OS. The number of aliphatic hydroxyl groups excluding tert-OH is 1. The lowest BCUT2D eigenvalue weighted by Crippen LogP contribution is -2.41. The van der Waals surface area contributed by atoms with Gasteiger partial charge in [-0.1, -0.05) is 30.3 Å². The summed E-state index contributed by atoms with van der Waals surface area (Å²) in [4.78, 5) is 5.86. The van der Waals surface area contributed by atoms with Crippen molar-refractivity contribution in [2.45, 2.75) is 32.9 Å². The number of benzene rings is 1. The summed E-state index contributed by atoms with van der Waals surface area (Å²) in [5, 5.41) is 18.7. The average Bonchev–Trinajstić information content (AvgIpc) is 2.96. The van der Waals surface area contributed by atoms with Crippen molar-refractivity contribution in [3.05, 3.63) is 57.8 Å². The van der Waals surface area contributed by atoms with Gasteiger partial charge in [-0.15, -0.1) is 35.3 Å². The van der Waals surface area contributed by atoms with Crippen molar-refractivity contribution < 1.29 is 5.11 Å². The quantitative estimate of drug-likeness (QED) is 0.338. The van der Waals surface area contributed by atoms with Crippen LogP contribution in [-0.2, 0) is 13.0 Å². The van der Waals surface area contributed by atoms with E-state index in [2.05, 4.69) is 34.0 Å². The Kier molecular flexibility index (Phi) is 9.97. The van der Waals surface area contributed by atoms with E-state index < -0.39 is 6.10 Å². The van der Waals surface area contributed by atoms with Crippen molar-refractivity contribution >= 4 is 41.3 Å². The van der Waals surface area contributed by atoms with Gasteiger partial charge in [-0.2, -0.15) is 0 Å². The lowest BCUT2D eigenvalue weighted by Gasteiger charge is -2.15. The van der Waals surface area contributed by atoms with Gasteiger partial charge in [-0.3, -0.25) is 0 Å². The van der Waals surface area contributed by atoms with Gasteiger partial charge in [0.05, 0.1) is 12.6 Å². The molecule has 3 N–H and O–H groups in total. The molecule has 4 nitrogen and oxygen atoms in total. The lowest BCUT2D eigenvalue weighted by molar-refractivity contribution is 0.177. The maximum atomic E-state index is 10.2. The average molecular weight is 459 g/mol. The number of thiophene rings is 1. The lowest BCUT2D eigenvalue weighted by atomic mass is 10.1. The van der Waals surface area contributed by atoms with Crippen LogP contribution in [0.25, 0.3) is 0 Å². The van der Waals surface area contributed by atoms with E-state index in [-0.39, 0.29) is 24.0 Å². The minimum atomic E-state index is -0.440. The van der Waals surface area contributed by atoms with Gasteiger partial charge in [0.1, 0.15) is 0 Å². The van der Waals surface area contributed by atoms with Gasteiger partial charge in [0.15, 0.2) is 5.96 Å². The van der Waals surface area contributed by atoms with Crippen molar-refractivity contribution in [1.29, 1.82) is 0 Å². The number of nitrogens with zero attached hydrogens (tertiary/aromatic N) is 1. The molecule has 6 heteroatoms. The first-order valence-electron chi connectivity index (χ1n) is 7.96. The number of aliphatic hydroxyl groups is 1. The van der Waals surface area contributed by atoms with Crippen LogP contribution in [0.4, 0.5) is 0 Å². The summed E-state index contributed by atoms with van der Waals surface area (Å²) in [5.41, 5.74) is 2.41. The standard InChI is InChI=1S/C18H25N3OS.HI/c1-3-19-18(21-13-17-14(2)9-10-23-17)20-12-16(22)11-15-7-5-4-6-8-15;/h4-10,16,22H,3,11-13H2,1-2H3,(H2,19,20,21);1H. The summed E-state index contributed by atoms with van der Waals surface area (Å²) in [6.45, 7) is 6.07. The van der Waals surface area contributed by atoms with Crippen LogP contribution in [0, 0.1) is 6.92 Å². The van der Waals surface area contributed by atoms with Crippen LogP contribution in [0.5, 0.6) is 0 Å². The van der Waals surface area contributed by atoms with Gasteiger partial charge in [0.2, 0.25) is 0 Å². The highest BCUT2D eigenvalue weighted by atomic mass is 127. The van der Waals surface area contributed by atoms with Crippen LogP contribution in [0.1, 0.15) is 22.9 Å². The highest BCUT2D eigenvalue weighted by molar-refractivity contribution is 14.0. The Morgan fingerprint density at radius 1 is 1.21 bits per heavy atom. The van der Waals surface area contributed by atoms with Crippen molar-refractivity contribution in [2.75, 3.05) is 13.1 Å². The maximum absolute atomic E-state index is 10.2. The fourth-order valence-electron chi connectivity index (χ4n) is 2.23. The second kappa shape index (κ2) is 11.4. The van der Waals surface area contributed by atoms with Crippen molar-refractivity contribution in [3.8, 4) is 0 Å². The molecule has 0 saturated carbocycles. The number of hydrogen-bond donors (Lipinski definition) is 3. The van der Waals surface area contributed by atoms with E-state index in [1.807, 2.05) is 37.3 Å². The molecule has 2 rings (SSSR count). The normalized spacial score (nSPS) is 12.4. The molecule has 132 valence electrons. The molecule has 1 unspecified atom stereocenters. The number of aryl methyl sites for hydroxylation is 1. The molecule has 1 aromatic carbocycles. The molecule has 1 atom stereocenters. The number of halogens is 1. The molecule has 0 fully saturated rings.